The van der Waals surface area contributed by atoms with Crippen molar-refractivity contribution >= 4 is 30.9 Å². The molecule has 1 atom stereocenters. The van der Waals surface area contributed by atoms with Crippen LogP contribution in [0.1, 0.15) is 5.56 Å². The highest BCUT2D eigenvalue weighted by molar-refractivity contribution is 7.53. The molecule has 2 aromatic carbocycles. The highest BCUT2D eigenvalue weighted by Crippen LogP contribution is 2.49. The van der Waals surface area contributed by atoms with E-state index in [9.17, 15) is 22.9 Å². The third-order valence-electron chi connectivity index (χ3n) is 4.98. The highest BCUT2D eigenvalue weighted by atomic mass is 31.2. The molecule has 0 fully saturated rings. The quantitative estimate of drug-likeness (QED) is 0.0847. The minimum atomic E-state index is -4.06. The number of aromatic amines is 1. The number of aromatic nitrogens is 4. The summed E-state index contributed by atoms with van der Waals surface area (Å²) < 4.78 is 67.0. The van der Waals surface area contributed by atoms with E-state index in [2.05, 4.69) is 15.0 Å². The number of imidazole rings is 1. The van der Waals surface area contributed by atoms with Crippen molar-refractivity contribution < 1.29 is 41.4 Å². The van der Waals surface area contributed by atoms with Crippen LogP contribution >= 0.6 is 7.60 Å². The summed E-state index contributed by atoms with van der Waals surface area (Å²) in [6, 6.07) is 10.0. The summed E-state index contributed by atoms with van der Waals surface area (Å²) >= 11 is 0. The number of nitrogens with one attached hydrogen (secondary N) is 1. The molecule has 0 radical (unpaired) electrons. The van der Waals surface area contributed by atoms with Crippen LogP contribution in [0.5, 0.6) is 5.75 Å². The van der Waals surface area contributed by atoms with Crippen LogP contribution < -0.4 is 16.0 Å². The number of carbonyl (C=O) groups excluding carboxylic acids is 1. The van der Waals surface area contributed by atoms with Crippen LogP contribution in [0, 0.1) is 11.6 Å². The Morgan fingerprint density at radius 2 is 1.90 bits per heavy atom. The normalized spacial score (nSPS) is 12.8. The van der Waals surface area contributed by atoms with E-state index in [4.69, 9.17) is 29.0 Å². The average Bonchev–Trinajstić information content (AvgIpc) is 3.30. The van der Waals surface area contributed by atoms with Gasteiger partial charge in [0.2, 0.25) is 12.7 Å². The number of nitrogen functional groups attached to an aromatic ring is 1. The van der Waals surface area contributed by atoms with Gasteiger partial charge < -0.3 is 29.0 Å². The predicted molar refractivity (Wildman–Crippen MR) is 132 cm³/mol. The second-order valence-corrected chi connectivity index (χ2v) is 9.81. The summed E-state index contributed by atoms with van der Waals surface area (Å²) in [5.74, 6) is -1.11. The molecule has 16 heteroatoms. The Balaban J connectivity index is 1.34. The molecule has 0 spiro atoms. The molecule has 0 saturated heterocycles. The molecule has 2 heterocycles. The molecule has 39 heavy (non-hydrogen) atoms. The second kappa shape index (κ2) is 12.6. The fourth-order valence-corrected chi connectivity index (χ4v) is 4.30. The SMILES string of the molecule is Nc1nc2c(ncn2CCOCP(=O)(OCOC(=O)Oc2ccc(F)cc2)OCc2cccc(F)c2)c(=O)[nH]1. The van der Waals surface area contributed by atoms with Crippen molar-refractivity contribution in [2.75, 3.05) is 25.5 Å². The number of benzene rings is 2. The molecule has 0 aliphatic carbocycles. The molecule has 0 aliphatic heterocycles. The smallest absolute Gasteiger partial charge is 0.406 e. The fraction of sp³-hybridized carbons (Fsp3) is 0.217. The molecule has 2 aromatic heterocycles. The first-order valence-electron chi connectivity index (χ1n) is 11.2. The minimum absolute atomic E-state index is 0.0144. The van der Waals surface area contributed by atoms with Crippen LogP contribution in [0.15, 0.2) is 59.7 Å². The van der Waals surface area contributed by atoms with Crippen LogP contribution in [0.3, 0.4) is 0 Å². The highest BCUT2D eigenvalue weighted by Gasteiger charge is 2.27. The maximum absolute atomic E-state index is 13.5. The molecule has 3 N–H and O–H groups in total. The van der Waals surface area contributed by atoms with Gasteiger partial charge in [0.15, 0.2) is 11.2 Å². The Kier molecular flexibility index (Phi) is 8.99. The van der Waals surface area contributed by atoms with Crippen LogP contribution in [-0.2, 0) is 36.2 Å². The number of nitrogens with two attached hydrogens (primary N) is 1. The van der Waals surface area contributed by atoms with E-state index in [0.717, 1.165) is 12.1 Å². The lowest BCUT2D eigenvalue weighted by atomic mass is 10.2. The number of hydrogen-bond donors (Lipinski definition) is 2. The van der Waals surface area contributed by atoms with Crippen molar-refractivity contribution in [3.63, 3.8) is 0 Å². The Hall–Kier alpha value is -4.17. The monoisotopic (exact) mass is 565 g/mol. The number of hydrogen-bond acceptors (Lipinski definition) is 11. The lowest BCUT2D eigenvalue weighted by Gasteiger charge is -2.18. The van der Waals surface area contributed by atoms with Crippen molar-refractivity contribution in [3.05, 3.63) is 82.4 Å². The first-order chi connectivity index (χ1) is 18.7. The zero-order valence-corrected chi connectivity index (χ0v) is 21.0. The van der Waals surface area contributed by atoms with Gasteiger partial charge in [-0.1, -0.05) is 12.1 Å². The Morgan fingerprint density at radius 1 is 1.10 bits per heavy atom. The maximum Gasteiger partial charge on any atom is 0.515 e. The largest absolute Gasteiger partial charge is 0.515 e. The number of nitrogens with zero attached hydrogens (tertiary/aromatic N) is 3. The van der Waals surface area contributed by atoms with Crippen molar-refractivity contribution in [2.24, 2.45) is 0 Å². The molecular weight excluding hydrogens is 543 g/mol. The molecule has 4 rings (SSSR count). The minimum Gasteiger partial charge on any atom is -0.406 e. The fourth-order valence-electron chi connectivity index (χ4n) is 3.17. The third-order valence-corrected chi connectivity index (χ3v) is 6.50. The molecular formula is C23H22F2N5O8P. The van der Waals surface area contributed by atoms with Gasteiger partial charge in [-0.05, 0) is 42.0 Å². The van der Waals surface area contributed by atoms with Crippen LogP contribution in [0.4, 0.5) is 19.5 Å². The van der Waals surface area contributed by atoms with Crippen molar-refractivity contribution in [3.8, 4) is 5.75 Å². The van der Waals surface area contributed by atoms with Gasteiger partial charge in [0.05, 0.1) is 19.5 Å². The maximum atomic E-state index is 13.5. The molecule has 4 aromatic rings. The Morgan fingerprint density at radius 3 is 2.67 bits per heavy atom. The number of H-pyrrole nitrogens is 1. The second-order valence-electron chi connectivity index (χ2n) is 7.81. The van der Waals surface area contributed by atoms with Gasteiger partial charge >= 0.3 is 13.8 Å². The van der Waals surface area contributed by atoms with E-state index in [1.54, 1.807) is 6.07 Å². The topological polar surface area (TPSA) is 170 Å². The number of halogens is 2. The van der Waals surface area contributed by atoms with Gasteiger partial charge in [0.25, 0.3) is 5.56 Å². The van der Waals surface area contributed by atoms with Gasteiger partial charge in [-0.25, -0.2) is 18.6 Å². The van der Waals surface area contributed by atoms with E-state index in [0.29, 0.717) is 5.56 Å². The lowest BCUT2D eigenvalue weighted by molar-refractivity contribution is 0.0153. The lowest BCUT2D eigenvalue weighted by Crippen LogP contribution is -2.15. The van der Waals surface area contributed by atoms with Crippen molar-refractivity contribution in [1.29, 1.82) is 0 Å². The van der Waals surface area contributed by atoms with Gasteiger partial charge in [0.1, 0.15) is 23.7 Å². The average molecular weight is 565 g/mol. The van der Waals surface area contributed by atoms with Gasteiger partial charge in [-0.3, -0.25) is 18.9 Å². The van der Waals surface area contributed by atoms with E-state index in [1.807, 2.05) is 0 Å². The van der Waals surface area contributed by atoms with Crippen LogP contribution in [0.25, 0.3) is 11.2 Å². The first-order valence-corrected chi connectivity index (χ1v) is 12.9. The molecule has 0 saturated carbocycles. The zero-order valence-electron chi connectivity index (χ0n) is 20.1. The molecule has 206 valence electrons. The van der Waals surface area contributed by atoms with Crippen molar-refractivity contribution in [2.45, 2.75) is 13.2 Å². The third kappa shape index (κ3) is 7.91. The Labute approximate surface area is 219 Å². The summed E-state index contributed by atoms with van der Waals surface area (Å²) in [5.41, 5.74) is 5.76. The van der Waals surface area contributed by atoms with Crippen LogP contribution in [-0.4, -0.2) is 45.4 Å². The predicted octanol–water partition coefficient (Wildman–Crippen LogP) is 3.55. The van der Waals surface area contributed by atoms with E-state index >= 15 is 0 Å². The summed E-state index contributed by atoms with van der Waals surface area (Å²) in [4.78, 5) is 34.1. The summed E-state index contributed by atoms with van der Waals surface area (Å²) in [7, 11) is -4.06. The number of carbonyl (C=O) groups is 1. The Bertz CT molecular complexity index is 1550. The summed E-state index contributed by atoms with van der Waals surface area (Å²) in [6.07, 6.45) is -0.401. The number of rotatable bonds is 12. The molecule has 0 amide bonds. The molecule has 1 unspecified atom stereocenters. The van der Waals surface area contributed by atoms with E-state index < -0.39 is 44.1 Å². The van der Waals surface area contributed by atoms with Crippen molar-refractivity contribution in [1.82, 2.24) is 19.5 Å². The standard InChI is InChI=1S/C23H22F2N5O8P/c24-16-4-6-18(7-5-16)38-23(32)35-13-37-39(33,36-11-15-2-1-3-17(25)10-15)14-34-9-8-30-12-27-19-20(30)28-22(26)29-21(19)31/h1-7,10,12H,8-9,11,13-14H2,(H3,26,28,29,31). The number of anilines is 1. The summed E-state index contributed by atoms with van der Waals surface area (Å²) in [6.45, 7) is -1.01. The van der Waals surface area contributed by atoms with Gasteiger partial charge in [0, 0.05) is 6.54 Å². The van der Waals surface area contributed by atoms with Gasteiger partial charge in [-0.15, -0.1) is 0 Å². The van der Waals surface area contributed by atoms with Crippen LogP contribution in [0.2, 0.25) is 0 Å². The number of fused-ring (bicyclic) bond motifs is 1. The molecule has 0 aliphatic rings. The van der Waals surface area contributed by atoms with Gasteiger partial charge in [-0.2, -0.15) is 4.98 Å². The summed E-state index contributed by atoms with van der Waals surface area (Å²) in [5, 5.41) is 0. The molecule has 0 bridgehead atoms. The molecule has 13 nitrogen and oxygen atoms in total. The van der Waals surface area contributed by atoms with E-state index in [-0.39, 0.29) is 42.6 Å². The first kappa shape index (κ1) is 27.9. The zero-order chi connectivity index (χ0) is 27.8. The van der Waals surface area contributed by atoms with E-state index in [1.165, 1.54) is 41.2 Å². The number of ether oxygens (including phenoxy) is 3.